The number of nitrogens with one attached hydrogen (secondary N) is 1. The Kier molecular flexibility index (Phi) is 5.54. The molecule has 104 valence electrons. The molecule has 2 atom stereocenters. The molecule has 0 fully saturated rings. The largest absolute Gasteiger partial charge is 0.480 e. The number of carboxylic acid groups (broad SMARTS) is 1. The number of hydrogen-bond donors (Lipinski definition) is 2. The van der Waals surface area contributed by atoms with Gasteiger partial charge in [-0.05, 0) is 30.5 Å². The molecule has 0 bridgehead atoms. The molecule has 0 aliphatic rings. The molecule has 1 amide bonds. The van der Waals surface area contributed by atoms with Gasteiger partial charge in [0.2, 0.25) is 0 Å². The zero-order chi connectivity index (χ0) is 14.6. The van der Waals surface area contributed by atoms with Crippen LogP contribution < -0.4 is 5.32 Å². The van der Waals surface area contributed by atoms with Gasteiger partial charge in [0.25, 0.3) is 5.91 Å². The van der Waals surface area contributed by atoms with E-state index >= 15 is 0 Å². The van der Waals surface area contributed by atoms with Gasteiger partial charge in [-0.15, -0.1) is 0 Å². The van der Waals surface area contributed by atoms with Gasteiger partial charge in [0.05, 0.1) is 0 Å². The number of hydrogen-bond acceptors (Lipinski definition) is 2. The van der Waals surface area contributed by atoms with E-state index in [1.54, 1.807) is 6.07 Å². The third-order valence-corrected chi connectivity index (χ3v) is 3.70. The molecule has 0 spiro atoms. The molecule has 0 saturated carbocycles. The summed E-state index contributed by atoms with van der Waals surface area (Å²) >= 11 is 3.31. The van der Waals surface area contributed by atoms with Crippen LogP contribution in [0.3, 0.4) is 0 Å². The predicted octanol–water partition coefficient (Wildman–Crippen LogP) is 2.99. The van der Waals surface area contributed by atoms with Crippen LogP contribution in [-0.2, 0) is 4.79 Å². The molecule has 0 radical (unpaired) electrons. The van der Waals surface area contributed by atoms with Crippen LogP contribution in [0.15, 0.2) is 22.7 Å². The first kappa shape index (κ1) is 15.7. The number of carbonyl (C=O) groups excluding carboxylic acids is 1. The molecule has 1 rings (SSSR count). The van der Waals surface area contributed by atoms with Crippen molar-refractivity contribution in [1.82, 2.24) is 5.32 Å². The van der Waals surface area contributed by atoms with Gasteiger partial charge in [0.15, 0.2) is 0 Å². The summed E-state index contributed by atoms with van der Waals surface area (Å²) in [6.45, 7) is 5.53. The van der Waals surface area contributed by atoms with E-state index in [9.17, 15) is 14.7 Å². The fourth-order valence-electron chi connectivity index (χ4n) is 1.74. The SMILES string of the molecule is CC[C@H](C)[C@H](NC(=O)c1cc(Br)ccc1C)C(=O)O. The minimum atomic E-state index is -1.00. The molecular formula is C14H18BrNO3. The Morgan fingerprint density at radius 3 is 2.58 bits per heavy atom. The first-order valence-corrected chi connectivity index (χ1v) is 6.96. The van der Waals surface area contributed by atoms with Crippen LogP contribution in [0.1, 0.15) is 36.2 Å². The molecule has 1 aromatic carbocycles. The molecule has 2 N–H and O–H groups in total. The lowest BCUT2D eigenvalue weighted by atomic mass is 9.98. The summed E-state index contributed by atoms with van der Waals surface area (Å²) in [6, 6.07) is 4.49. The number of rotatable bonds is 5. The van der Waals surface area contributed by atoms with Gasteiger partial charge in [0.1, 0.15) is 6.04 Å². The quantitative estimate of drug-likeness (QED) is 0.873. The number of carboxylic acids is 1. The molecule has 4 nitrogen and oxygen atoms in total. The van der Waals surface area contributed by atoms with E-state index in [1.165, 1.54) is 0 Å². The lowest BCUT2D eigenvalue weighted by Gasteiger charge is -2.20. The Bertz CT molecular complexity index is 488. The van der Waals surface area contributed by atoms with E-state index in [2.05, 4.69) is 21.2 Å². The smallest absolute Gasteiger partial charge is 0.326 e. The minimum Gasteiger partial charge on any atom is -0.480 e. The number of aliphatic carboxylic acids is 1. The van der Waals surface area contributed by atoms with E-state index in [-0.39, 0.29) is 11.8 Å². The van der Waals surface area contributed by atoms with Crippen molar-refractivity contribution >= 4 is 27.8 Å². The fraction of sp³-hybridized carbons (Fsp3) is 0.429. The maximum atomic E-state index is 12.2. The summed E-state index contributed by atoms with van der Waals surface area (Å²) in [7, 11) is 0. The Hall–Kier alpha value is -1.36. The van der Waals surface area contributed by atoms with Gasteiger partial charge in [-0.2, -0.15) is 0 Å². The van der Waals surface area contributed by atoms with Gasteiger partial charge in [-0.25, -0.2) is 4.79 Å². The van der Waals surface area contributed by atoms with Gasteiger partial charge >= 0.3 is 5.97 Å². The van der Waals surface area contributed by atoms with E-state index < -0.39 is 12.0 Å². The molecule has 1 aromatic rings. The first-order chi connectivity index (χ1) is 8.86. The Balaban J connectivity index is 2.94. The summed E-state index contributed by atoms with van der Waals surface area (Å²) in [5.74, 6) is -1.48. The summed E-state index contributed by atoms with van der Waals surface area (Å²) in [4.78, 5) is 23.4. The lowest BCUT2D eigenvalue weighted by Crippen LogP contribution is -2.45. The summed E-state index contributed by atoms with van der Waals surface area (Å²) in [5.41, 5.74) is 1.30. The molecule has 0 saturated heterocycles. The summed E-state index contributed by atoms with van der Waals surface area (Å²) in [6.07, 6.45) is 0.689. The highest BCUT2D eigenvalue weighted by atomic mass is 79.9. The number of aryl methyl sites for hydroxylation is 1. The Morgan fingerprint density at radius 2 is 2.05 bits per heavy atom. The second-order valence-electron chi connectivity index (χ2n) is 4.63. The van der Waals surface area contributed by atoms with Crippen LogP contribution in [0.25, 0.3) is 0 Å². The second-order valence-corrected chi connectivity index (χ2v) is 5.55. The number of benzene rings is 1. The fourth-order valence-corrected chi connectivity index (χ4v) is 2.10. The van der Waals surface area contributed by atoms with Crippen molar-refractivity contribution in [2.45, 2.75) is 33.2 Å². The lowest BCUT2D eigenvalue weighted by molar-refractivity contribution is -0.140. The highest BCUT2D eigenvalue weighted by Crippen LogP contribution is 2.17. The standard InChI is InChI=1S/C14H18BrNO3/c1-4-8(2)12(14(18)19)16-13(17)11-7-10(15)6-5-9(11)3/h5-8,12H,4H2,1-3H3,(H,16,17)(H,18,19)/t8-,12-/m0/s1. The van der Waals surface area contributed by atoms with Crippen LogP contribution in [0.5, 0.6) is 0 Å². The summed E-state index contributed by atoms with van der Waals surface area (Å²) < 4.78 is 0.790. The number of carbonyl (C=O) groups is 2. The van der Waals surface area contributed by atoms with Crippen LogP contribution in [0.4, 0.5) is 0 Å². The first-order valence-electron chi connectivity index (χ1n) is 6.16. The average molecular weight is 328 g/mol. The normalized spacial score (nSPS) is 13.7. The molecule has 0 unspecified atom stereocenters. The third-order valence-electron chi connectivity index (χ3n) is 3.21. The highest BCUT2D eigenvalue weighted by Gasteiger charge is 2.26. The van der Waals surface area contributed by atoms with Crippen molar-refractivity contribution < 1.29 is 14.7 Å². The zero-order valence-corrected chi connectivity index (χ0v) is 12.8. The van der Waals surface area contributed by atoms with Crippen molar-refractivity contribution in [2.24, 2.45) is 5.92 Å². The monoisotopic (exact) mass is 327 g/mol. The molecule has 0 aromatic heterocycles. The average Bonchev–Trinajstić information content (AvgIpc) is 2.37. The number of amides is 1. The van der Waals surface area contributed by atoms with Crippen LogP contribution in [0, 0.1) is 12.8 Å². The van der Waals surface area contributed by atoms with Gasteiger partial charge in [0, 0.05) is 10.0 Å². The maximum Gasteiger partial charge on any atom is 0.326 e. The van der Waals surface area contributed by atoms with Crippen molar-refractivity contribution in [3.8, 4) is 0 Å². The van der Waals surface area contributed by atoms with Gasteiger partial charge < -0.3 is 10.4 Å². The second kappa shape index (κ2) is 6.70. The molecule has 0 aliphatic heterocycles. The van der Waals surface area contributed by atoms with Crippen molar-refractivity contribution in [3.63, 3.8) is 0 Å². The van der Waals surface area contributed by atoms with Crippen molar-refractivity contribution in [3.05, 3.63) is 33.8 Å². The molecule has 0 aliphatic carbocycles. The van der Waals surface area contributed by atoms with Gasteiger partial charge in [-0.3, -0.25) is 4.79 Å². The summed E-state index contributed by atoms with van der Waals surface area (Å²) in [5, 5.41) is 11.8. The van der Waals surface area contributed by atoms with Crippen molar-refractivity contribution in [2.75, 3.05) is 0 Å². The number of halogens is 1. The highest BCUT2D eigenvalue weighted by molar-refractivity contribution is 9.10. The topological polar surface area (TPSA) is 66.4 Å². The molecule has 5 heteroatoms. The van der Waals surface area contributed by atoms with E-state index in [0.717, 1.165) is 10.0 Å². The maximum absolute atomic E-state index is 12.2. The van der Waals surface area contributed by atoms with Gasteiger partial charge in [-0.1, -0.05) is 42.3 Å². The Morgan fingerprint density at radius 1 is 1.42 bits per heavy atom. The third kappa shape index (κ3) is 4.06. The van der Waals surface area contributed by atoms with E-state index in [0.29, 0.717) is 12.0 Å². The van der Waals surface area contributed by atoms with Crippen LogP contribution in [0.2, 0.25) is 0 Å². The zero-order valence-electron chi connectivity index (χ0n) is 11.2. The molecule has 19 heavy (non-hydrogen) atoms. The van der Waals surface area contributed by atoms with Crippen LogP contribution in [-0.4, -0.2) is 23.0 Å². The Labute approximate surface area is 121 Å². The molecule has 0 heterocycles. The molecular weight excluding hydrogens is 310 g/mol. The predicted molar refractivity (Wildman–Crippen MR) is 77.2 cm³/mol. The van der Waals surface area contributed by atoms with Crippen LogP contribution >= 0.6 is 15.9 Å². The van der Waals surface area contributed by atoms with E-state index in [4.69, 9.17) is 0 Å². The van der Waals surface area contributed by atoms with E-state index in [1.807, 2.05) is 32.9 Å². The van der Waals surface area contributed by atoms with Crippen molar-refractivity contribution in [1.29, 1.82) is 0 Å². The minimum absolute atomic E-state index is 0.117.